The van der Waals surface area contributed by atoms with Gasteiger partial charge in [0.2, 0.25) is 10.0 Å². The lowest BCUT2D eigenvalue weighted by molar-refractivity contribution is 0.0697. The van der Waals surface area contributed by atoms with E-state index in [1.807, 2.05) is 4.72 Å². The highest BCUT2D eigenvalue weighted by molar-refractivity contribution is 7.89. The summed E-state index contributed by atoms with van der Waals surface area (Å²) < 4.78 is 25.0. The summed E-state index contributed by atoms with van der Waals surface area (Å²) in [4.78, 5) is 10.4. The van der Waals surface area contributed by atoms with E-state index in [4.69, 9.17) is 28.3 Å². The minimum absolute atomic E-state index is 0.118. The molecular formula is C8H7Cl2NO4S. The maximum Gasteiger partial charge on any atom is 0.337 e. The first-order valence-electron chi connectivity index (χ1n) is 3.95. The molecule has 0 spiro atoms. The van der Waals surface area contributed by atoms with Gasteiger partial charge in [0, 0.05) is 0 Å². The number of hydrogen-bond donors (Lipinski definition) is 2. The Morgan fingerprint density at radius 2 is 1.88 bits per heavy atom. The number of rotatable bonds is 3. The van der Waals surface area contributed by atoms with Crippen LogP contribution in [0, 0.1) is 0 Å². The van der Waals surface area contributed by atoms with Gasteiger partial charge in [-0.3, -0.25) is 0 Å². The fourth-order valence-corrected chi connectivity index (χ4v) is 2.59. The predicted octanol–water partition coefficient (Wildman–Crippen LogP) is 1.60. The first kappa shape index (κ1) is 13.2. The Bertz CT molecular complexity index is 541. The predicted molar refractivity (Wildman–Crippen MR) is 59.7 cm³/mol. The van der Waals surface area contributed by atoms with Crippen molar-refractivity contribution in [1.82, 2.24) is 4.72 Å². The number of halogens is 2. The highest BCUT2D eigenvalue weighted by Gasteiger charge is 2.20. The summed E-state index contributed by atoms with van der Waals surface area (Å²) in [5, 5.41) is 8.52. The molecule has 1 aromatic rings. The molecule has 0 fully saturated rings. The van der Waals surface area contributed by atoms with Gasteiger partial charge in [0.1, 0.15) is 4.90 Å². The normalized spacial score (nSPS) is 11.4. The summed E-state index contributed by atoms with van der Waals surface area (Å²) in [7, 11) is -2.61. The first-order valence-corrected chi connectivity index (χ1v) is 6.19. The average Bonchev–Trinajstić information content (AvgIpc) is 2.16. The van der Waals surface area contributed by atoms with Crippen LogP contribution >= 0.6 is 23.2 Å². The van der Waals surface area contributed by atoms with Crippen LogP contribution in [0.15, 0.2) is 17.0 Å². The minimum atomic E-state index is -3.81. The Labute approximate surface area is 102 Å². The Kier molecular flexibility index (Phi) is 3.80. The number of sulfonamides is 1. The largest absolute Gasteiger partial charge is 0.478 e. The summed E-state index contributed by atoms with van der Waals surface area (Å²) in [5.41, 5.74) is -0.320. The second-order valence-corrected chi connectivity index (χ2v) is 5.44. The molecule has 0 radical (unpaired) electrons. The summed E-state index contributed by atoms with van der Waals surface area (Å²) in [6.07, 6.45) is 0. The second-order valence-electron chi connectivity index (χ2n) is 2.78. The molecule has 88 valence electrons. The van der Waals surface area contributed by atoms with Crippen molar-refractivity contribution in [2.45, 2.75) is 4.90 Å². The standard InChI is InChI=1S/C8H7Cl2NO4S/c1-11-16(14,15)7-2-4(8(12)13)5(9)3-6(7)10/h2-3,11H,1H3,(H,12,13). The molecule has 1 rings (SSSR count). The molecule has 0 aliphatic heterocycles. The zero-order valence-corrected chi connectivity index (χ0v) is 10.3. The highest BCUT2D eigenvalue weighted by atomic mass is 35.5. The minimum Gasteiger partial charge on any atom is -0.478 e. The number of hydrogen-bond acceptors (Lipinski definition) is 3. The smallest absolute Gasteiger partial charge is 0.337 e. The number of nitrogens with one attached hydrogen (secondary N) is 1. The van der Waals surface area contributed by atoms with Crippen LogP contribution in [0.5, 0.6) is 0 Å². The van der Waals surface area contributed by atoms with Gasteiger partial charge in [0.15, 0.2) is 0 Å². The Morgan fingerprint density at radius 1 is 1.31 bits per heavy atom. The van der Waals surface area contributed by atoms with Crippen molar-refractivity contribution in [3.8, 4) is 0 Å². The zero-order valence-electron chi connectivity index (χ0n) is 7.99. The van der Waals surface area contributed by atoms with Gasteiger partial charge in [-0.1, -0.05) is 23.2 Å². The SMILES string of the molecule is CNS(=O)(=O)c1cc(C(=O)O)c(Cl)cc1Cl. The lowest BCUT2D eigenvalue weighted by Gasteiger charge is -2.07. The van der Waals surface area contributed by atoms with E-state index in [0.717, 1.165) is 12.1 Å². The van der Waals surface area contributed by atoms with Crippen LogP contribution in [0.1, 0.15) is 10.4 Å². The molecule has 0 aromatic heterocycles. The monoisotopic (exact) mass is 283 g/mol. The fraction of sp³-hybridized carbons (Fsp3) is 0.125. The molecule has 0 heterocycles. The van der Waals surface area contributed by atoms with Crippen LogP contribution in [-0.2, 0) is 10.0 Å². The van der Waals surface area contributed by atoms with Gasteiger partial charge in [0.25, 0.3) is 0 Å². The quantitative estimate of drug-likeness (QED) is 0.883. The Hall–Kier alpha value is -0.820. The molecule has 8 heteroatoms. The van der Waals surface area contributed by atoms with Crippen LogP contribution in [-0.4, -0.2) is 26.5 Å². The molecule has 0 aliphatic rings. The molecule has 0 aliphatic carbocycles. The number of carboxylic acid groups (broad SMARTS) is 1. The van der Waals surface area contributed by atoms with E-state index in [1.165, 1.54) is 7.05 Å². The van der Waals surface area contributed by atoms with Crippen molar-refractivity contribution < 1.29 is 18.3 Å². The van der Waals surface area contributed by atoms with Gasteiger partial charge in [0.05, 0.1) is 15.6 Å². The van der Waals surface area contributed by atoms with Gasteiger partial charge >= 0.3 is 5.97 Å². The van der Waals surface area contributed by atoms with Gasteiger partial charge in [-0.2, -0.15) is 0 Å². The van der Waals surface area contributed by atoms with E-state index < -0.39 is 16.0 Å². The summed E-state index contributed by atoms with van der Waals surface area (Å²) >= 11 is 11.3. The summed E-state index contributed by atoms with van der Waals surface area (Å²) in [6, 6.07) is 2.00. The van der Waals surface area contributed by atoms with E-state index >= 15 is 0 Å². The fourth-order valence-electron chi connectivity index (χ4n) is 1.01. The molecule has 1 aromatic carbocycles. The van der Waals surface area contributed by atoms with E-state index in [0.29, 0.717) is 0 Å². The Balaban J connectivity index is 3.55. The lowest BCUT2D eigenvalue weighted by atomic mass is 10.2. The first-order chi connectivity index (χ1) is 7.29. The van der Waals surface area contributed by atoms with Gasteiger partial charge in [-0.25, -0.2) is 17.9 Å². The zero-order chi connectivity index (χ0) is 12.5. The van der Waals surface area contributed by atoms with E-state index in [2.05, 4.69) is 0 Å². The van der Waals surface area contributed by atoms with E-state index in [1.54, 1.807) is 0 Å². The molecule has 0 amide bonds. The molecule has 16 heavy (non-hydrogen) atoms. The molecule has 0 saturated carbocycles. The third-order valence-electron chi connectivity index (χ3n) is 1.81. The van der Waals surface area contributed by atoms with Crippen LogP contribution in [0.25, 0.3) is 0 Å². The third kappa shape index (κ3) is 2.46. The molecule has 0 atom stereocenters. The Morgan fingerprint density at radius 3 is 2.31 bits per heavy atom. The molecule has 0 saturated heterocycles. The molecule has 2 N–H and O–H groups in total. The number of carbonyl (C=O) groups is 1. The maximum absolute atomic E-state index is 11.5. The van der Waals surface area contributed by atoms with Crippen LogP contribution in [0.4, 0.5) is 0 Å². The molecule has 5 nitrogen and oxygen atoms in total. The van der Waals surface area contributed by atoms with Crippen molar-refractivity contribution in [2.75, 3.05) is 7.05 Å². The molecule has 0 unspecified atom stereocenters. The highest BCUT2D eigenvalue weighted by Crippen LogP contribution is 2.28. The molecular weight excluding hydrogens is 277 g/mol. The second kappa shape index (κ2) is 4.58. The van der Waals surface area contributed by atoms with Crippen LogP contribution in [0.3, 0.4) is 0 Å². The van der Waals surface area contributed by atoms with E-state index in [-0.39, 0.29) is 20.5 Å². The maximum atomic E-state index is 11.5. The van der Waals surface area contributed by atoms with Gasteiger partial charge in [-0.05, 0) is 19.2 Å². The number of carboxylic acids is 1. The molecule has 0 bridgehead atoms. The topological polar surface area (TPSA) is 83.5 Å². The lowest BCUT2D eigenvalue weighted by Crippen LogP contribution is -2.19. The van der Waals surface area contributed by atoms with Crippen molar-refractivity contribution in [2.24, 2.45) is 0 Å². The van der Waals surface area contributed by atoms with Crippen LogP contribution in [0.2, 0.25) is 10.0 Å². The van der Waals surface area contributed by atoms with Crippen molar-refractivity contribution in [3.05, 3.63) is 27.7 Å². The summed E-state index contributed by atoms with van der Waals surface area (Å²) in [6.45, 7) is 0. The van der Waals surface area contributed by atoms with E-state index in [9.17, 15) is 13.2 Å². The van der Waals surface area contributed by atoms with Gasteiger partial charge in [-0.15, -0.1) is 0 Å². The van der Waals surface area contributed by atoms with Crippen molar-refractivity contribution in [3.63, 3.8) is 0 Å². The summed E-state index contributed by atoms with van der Waals surface area (Å²) in [5.74, 6) is -1.32. The van der Waals surface area contributed by atoms with Crippen molar-refractivity contribution >= 4 is 39.2 Å². The van der Waals surface area contributed by atoms with Crippen molar-refractivity contribution in [1.29, 1.82) is 0 Å². The van der Waals surface area contributed by atoms with Crippen LogP contribution < -0.4 is 4.72 Å². The van der Waals surface area contributed by atoms with Gasteiger partial charge < -0.3 is 5.11 Å². The third-order valence-corrected chi connectivity index (χ3v) is 4.00. The number of aromatic carboxylic acids is 1. The average molecular weight is 284 g/mol. The number of benzene rings is 1.